The monoisotopic (exact) mass is 454 g/mol. The van der Waals surface area contributed by atoms with E-state index in [1.165, 1.54) is 18.5 Å². The lowest BCUT2D eigenvalue weighted by molar-refractivity contribution is 0.0729. The van der Waals surface area contributed by atoms with Crippen molar-refractivity contribution in [1.29, 1.82) is 0 Å². The number of anilines is 1. The third-order valence-electron chi connectivity index (χ3n) is 4.65. The largest absolute Gasteiger partial charge is 0.495 e. The fraction of sp³-hybridized carbons (Fsp3) is 0.350. The first-order chi connectivity index (χ1) is 14.3. The summed E-state index contributed by atoms with van der Waals surface area (Å²) in [5.41, 5.74) is 1.38. The first-order valence-corrected chi connectivity index (χ1v) is 11.2. The normalized spacial score (nSPS) is 14.9. The Kier molecular flexibility index (Phi) is 7.19. The Morgan fingerprint density at radius 1 is 1.10 bits per heavy atom. The highest BCUT2D eigenvalue weighted by molar-refractivity contribution is 7.88. The van der Waals surface area contributed by atoms with Gasteiger partial charge in [-0.25, -0.2) is 8.42 Å². The summed E-state index contributed by atoms with van der Waals surface area (Å²) in [4.78, 5) is 12.6. The van der Waals surface area contributed by atoms with Crippen molar-refractivity contribution in [3.63, 3.8) is 0 Å². The van der Waals surface area contributed by atoms with E-state index in [4.69, 9.17) is 25.8 Å². The summed E-state index contributed by atoms with van der Waals surface area (Å²) in [5, 5.41) is 3.12. The van der Waals surface area contributed by atoms with Gasteiger partial charge in [0.25, 0.3) is 5.91 Å². The molecule has 2 aromatic carbocycles. The number of ether oxygens (including phenoxy) is 3. The maximum atomic E-state index is 12.6. The van der Waals surface area contributed by atoms with Crippen LogP contribution in [0.2, 0.25) is 5.02 Å². The zero-order valence-corrected chi connectivity index (χ0v) is 18.3. The van der Waals surface area contributed by atoms with E-state index in [0.29, 0.717) is 59.6 Å². The van der Waals surface area contributed by atoms with Gasteiger partial charge in [-0.15, -0.1) is 0 Å². The Bertz CT molecular complexity index is 1000. The van der Waals surface area contributed by atoms with Gasteiger partial charge in [-0.2, -0.15) is 4.31 Å². The molecule has 1 amide bonds. The molecule has 0 saturated carbocycles. The van der Waals surface area contributed by atoms with Gasteiger partial charge in [0, 0.05) is 30.8 Å². The van der Waals surface area contributed by atoms with Crippen LogP contribution < -0.4 is 14.8 Å². The number of halogens is 1. The number of benzene rings is 2. The number of carbonyl (C=O) groups is 1. The molecule has 2 aromatic rings. The van der Waals surface area contributed by atoms with Gasteiger partial charge in [0.15, 0.2) is 0 Å². The first-order valence-electron chi connectivity index (χ1n) is 9.21. The Hall–Kier alpha value is -2.33. The lowest BCUT2D eigenvalue weighted by Gasteiger charge is -2.26. The Balaban J connectivity index is 1.71. The van der Waals surface area contributed by atoms with E-state index in [-0.39, 0.29) is 11.7 Å². The molecule has 3 rings (SSSR count). The number of nitrogens with zero attached hydrogens (tertiary/aromatic N) is 1. The zero-order chi connectivity index (χ0) is 21.7. The molecular weight excluding hydrogens is 432 g/mol. The highest BCUT2D eigenvalue weighted by atomic mass is 35.5. The first kappa shape index (κ1) is 22.4. The molecule has 1 N–H and O–H groups in total. The van der Waals surface area contributed by atoms with Crippen molar-refractivity contribution < 1.29 is 27.4 Å². The number of morpholine rings is 1. The molecule has 0 radical (unpaired) electrons. The smallest absolute Gasteiger partial charge is 0.255 e. The van der Waals surface area contributed by atoms with Gasteiger partial charge in [0.2, 0.25) is 10.0 Å². The second-order valence-corrected chi connectivity index (χ2v) is 8.98. The molecule has 1 aliphatic heterocycles. The van der Waals surface area contributed by atoms with Crippen LogP contribution >= 0.6 is 11.6 Å². The van der Waals surface area contributed by atoms with Crippen LogP contribution in [0.15, 0.2) is 36.4 Å². The summed E-state index contributed by atoms with van der Waals surface area (Å²) in [6, 6.07) is 9.55. The number of nitrogens with one attached hydrogen (secondary N) is 1. The minimum absolute atomic E-state index is 0.128. The summed E-state index contributed by atoms with van der Waals surface area (Å²) >= 11 is 6.08. The molecule has 30 heavy (non-hydrogen) atoms. The summed E-state index contributed by atoms with van der Waals surface area (Å²) in [5.74, 6) is 0.288. The Morgan fingerprint density at radius 3 is 2.33 bits per heavy atom. The fourth-order valence-corrected chi connectivity index (χ4v) is 4.76. The Labute approximate surface area is 180 Å². The third kappa shape index (κ3) is 5.23. The average molecular weight is 455 g/mol. The highest BCUT2D eigenvalue weighted by Crippen LogP contribution is 2.36. The SMILES string of the molecule is COc1cc(NC(=O)c2ccc(CS(=O)(=O)N3CCOCC3)cc2)c(OC)cc1Cl. The molecule has 10 heteroatoms. The summed E-state index contributed by atoms with van der Waals surface area (Å²) in [6.07, 6.45) is 0. The summed E-state index contributed by atoms with van der Waals surface area (Å²) in [7, 11) is -0.484. The second-order valence-electron chi connectivity index (χ2n) is 6.61. The molecule has 1 aliphatic rings. The predicted octanol–water partition coefficient (Wildman–Crippen LogP) is 2.77. The van der Waals surface area contributed by atoms with Crippen LogP contribution in [-0.2, 0) is 20.5 Å². The number of hydrogen-bond donors (Lipinski definition) is 1. The molecule has 0 aliphatic carbocycles. The molecule has 1 heterocycles. The fourth-order valence-electron chi connectivity index (χ4n) is 3.03. The number of methoxy groups -OCH3 is 2. The summed E-state index contributed by atoms with van der Waals surface area (Å²) < 4.78 is 42.1. The van der Waals surface area contributed by atoms with Gasteiger partial charge in [0.05, 0.1) is 43.9 Å². The van der Waals surface area contributed by atoms with Crippen molar-refractivity contribution in [2.24, 2.45) is 0 Å². The van der Waals surface area contributed by atoms with Gasteiger partial charge in [-0.3, -0.25) is 4.79 Å². The van der Waals surface area contributed by atoms with Gasteiger partial charge in [-0.05, 0) is 17.7 Å². The quantitative estimate of drug-likeness (QED) is 0.691. The molecule has 8 nitrogen and oxygen atoms in total. The average Bonchev–Trinajstić information content (AvgIpc) is 2.75. The van der Waals surface area contributed by atoms with Crippen molar-refractivity contribution in [2.45, 2.75) is 5.75 Å². The minimum Gasteiger partial charge on any atom is -0.495 e. The van der Waals surface area contributed by atoms with Crippen LogP contribution in [0, 0.1) is 0 Å². The number of rotatable bonds is 7. The standard InChI is InChI=1S/C20H23ClN2O6S/c1-27-18-12-17(19(28-2)11-16(18)21)22-20(24)15-5-3-14(4-6-15)13-30(25,26)23-7-9-29-10-8-23/h3-6,11-12H,7-10,13H2,1-2H3,(H,22,24). The van der Waals surface area contributed by atoms with E-state index >= 15 is 0 Å². The van der Waals surface area contributed by atoms with Crippen molar-refractivity contribution in [2.75, 3.05) is 45.8 Å². The van der Waals surface area contributed by atoms with Gasteiger partial charge in [-0.1, -0.05) is 23.7 Å². The topological polar surface area (TPSA) is 94.2 Å². The van der Waals surface area contributed by atoms with E-state index < -0.39 is 10.0 Å². The van der Waals surface area contributed by atoms with Crippen LogP contribution in [0.3, 0.4) is 0 Å². The van der Waals surface area contributed by atoms with Crippen LogP contribution in [0.25, 0.3) is 0 Å². The molecular formula is C20H23ClN2O6S. The lowest BCUT2D eigenvalue weighted by atomic mass is 10.1. The lowest BCUT2D eigenvalue weighted by Crippen LogP contribution is -2.41. The van der Waals surface area contributed by atoms with Crippen LogP contribution in [0.5, 0.6) is 11.5 Å². The second kappa shape index (κ2) is 9.65. The maximum Gasteiger partial charge on any atom is 0.255 e. The van der Waals surface area contributed by atoms with Gasteiger partial charge in [0.1, 0.15) is 11.5 Å². The molecule has 1 fully saturated rings. The van der Waals surface area contributed by atoms with E-state index in [1.807, 2.05) is 0 Å². The molecule has 0 aromatic heterocycles. The van der Waals surface area contributed by atoms with Crippen LogP contribution in [0.4, 0.5) is 5.69 Å². The molecule has 1 saturated heterocycles. The predicted molar refractivity (Wildman–Crippen MR) is 114 cm³/mol. The van der Waals surface area contributed by atoms with Gasteiger partial charge >= 0.3 is 0 Å². The van der Waals surface area contributed by atoms with E-state index in [1.54, 1.807) is 36.4 Å². The van der Waals surface area contributed by atoms with Gasteiger partial charge < -0.3 is 19.5 Å². The van der Waals surface area contributed by atoms with Crippen molar-refractivity contribution >= 4 is 33.2 Å². The number of hydrogen-bond acceptors (Lipinski definition) is 6. The maximum absolute atomic E-state index is 12.6. The van der Waals surface area contributed by atoms with E-state index in [9.17, 15) is 13.2 Å². The van der Waals surface area contributed by atoms with Crippen LogP contribution in [0.1, 0.15) is 15.9 Å². The highest BCUT2D eigenvalue weighted by Gasteiger charge is 2.24. The van der Waals surface area contributed by atoms with Crippen molar-refractivity contribution in [3.05, 3.63) is 52.5 Å². The molecule has 0 unspecified atom stereocenters. The third-order valence-corrected chi connectivity index (χ3v) is 6.80. The zero-order valence-electron chi connectivity index (χ0n) is 16.7. The number of amides is 1. The van der Waals surface area contributed by atoms with Crippen molar-refractivity contribution in [3.8, 4) is 11.5 Å². The van der Waals surface area contributed by atoms with E-state index in [0.717, 1.165) is 0 Å². The minimum atomic E-state index is -3.43. The van der Waals surface area contributed by atoms with E-state index in [2.05, 4.69) is 5.32 Å². The Morgan fingerprint density at radius 2 is 1.73 bits per heavy atom. The summed E-state index contributed by atoms with van der Waals surface area (Å²) in [6.45, 7) is 1.51. The molecule has 162 valence electrons. The molecule has 0 atom stereocenters. The van der Waals surface area contributed by atoms with Crippen LogP contribution in [-0.4, -0.2) is 59.2 Å². The molecule has 0 spiro atoms. The number of carbonyl (C=O) groups excluding carboxylic acids is 1. The number of sulfonamides is 1. The van der Waals surface area contributed by atoms with Crippen molar-refractivity contribution in [1.82, 2.24) is 4.31 Å². The molecule has 0 bridgehead atoms.